The molecular formula is C12H12. The van der Waals surface area contributed by atoms with E-state index in [0.29, 0.717) is 0 Å². The first-order chi connectivity index (χ1) is 5.95. The van der Waals surface area contributed by atoms with E-state index in [9.17, 15) is 0 Å². The lowest BCUT2D eigenvalue weighted by Crippen LogP contribution is -1.75. The van der Waals surface area contributed by atoms with Gasteiger partial charge in [-0.2, -0.15) is 0 Å². The van der Waals surface area contributed by atoms with Crippen LogP contribution in [0.1, 0.15) is 18.4 Å². The van der Waals surface area contributed by atoms with Gasteiger partial charge in [-0.3, -0.25) is 0 Å². The van der Waals surface area contributed by atoms with E-state index < -0.39 is 0 Å². The molecule has 1 aliphatic rings. The van der Waals surface area contributed by atoms with E-state index in [2.05, 4.69) is 43.2 Å². The number of benzene rings is 1. The van der Waals surface area contributed by atoms with E-state index in [-0.39, 0.29) is 0 Å². The average Bonchev–Trinajstić information content (AvgIpc) is 2.59. The zero-order chi connectivity index (χ0) is 8.23. The Balaban J connectivity index is 2.16. The van der Waals surface area contributed by atoms with Crippen molar-refractivity contribution in [3.05, 3.63) is 54.3 Å². The van der Waals surface area contributed by atoms with Gasteiger partial charge in [0.15, 0.2) is 0 Å². The van der Waals surface area contributed by atoms with Crippen molar-refractivity contribution >= 4 is 6.08 Å². The molecule has 0 atom stereocenters. The maximum absolute atomic E-state index is 2.28. The molecule has 1 aliphatic carbocycles. The van der Waals surface area contributed by atoms with E-state index in [1.165, 1.54) is 24.0 Å². The Morgan fingerprint density at radius 3 is 2.75 bits per heavy atom. The summed E-state index contributed by atoms with van der Waals surface area (Å²) in [6, 6.07) is 10.5. The Labute approximate surface area is 73.9 Å². The third kappa shape index (κ3) is 1.65. The molecule has 0 bridgehead atoms. The van der Waals surface area contributed by atoms with Gasteiger partial charge in [0, 0.05) is 0 Å². The second-order valence-electron chi connectivity index (χ2n) is 3.04. The SMILES string of the molecule is C(=C1[CH+]CC[CH-]1)c1ccccc1. The lowest BCUT2D eigenvalue weighted by Gasteiger charge is -1.95. The van der Waals surface area contributed by atoms with Crippen LogP contribution in [-0.4, -0.2) is 0 Å². The number of hydrogen-bond acceptors (Lipinski definition) is 0. The van der Waals surface area contributed by atoms with Gasteiger partial charge >= 0.3 is 0 Å². The highest BCUT2D eigenvalue weighted by Crippen LogP contribution is 2.23. The lowest BCUT2D eigenvalue weighted by atomic mass is 10.1. The van der Waals surface area contributed by atoms with Crippen molar-refractivity contribution in [3.8, 4) is 0 Å². The first-order valence-corrected chi connectivity index (χ1v) is 4.38. The molecule has 0 aromatic heterocycles. The van der Waals surface area contributed by atoms with Crippen molar-refractivity contribution < 1.29 is 0 Å². The van der Waals surface area contributed by atoms with Crippen molar-refractivity contribution in [2.45, 2.75) is 12.8 Å². The topological polar surface area (TPSA) is 0 Å². The highest BCUT2D eigenvalue weighted by molar-refractivity contribution is 5.58. The molecule has 0 spiro atoms. The molecule has 0 heterocycles. The number of rotatable bonds is 1. The molecule has 12 heavy (non-hydrogen) atoms. The molecular weight excluding hydrogens is 144 g/mol. The highest BCUT2D eigenvalue weighted by atomic mass is 14.1. The van der Waals surface area contributed by atoms with E-state index in [0.717, 1.165) is 0 Å². The Morgan fingerprint density at radius 2 is 2.08 bits per heavy atom. The fourth-order valence-electron chi connectivity index (χ4n) is 1.44. The minimum Gasteiger partial charge on any atom is -0.0773 e. The second-order valence-corrected chi connectivity index (χ2v) is 3.04. The monoisotopic (exact) mass is 156 g/mol. The Bertz CT molecular complexity index is 261. The summed E-state index contributed by atoms with van der Waals surface area (Å²) in [4.78, 5) is 0. The Morgan fingerprint density at radius 1 is 1.25 bits per heavy atom. The smallest absolute Gasteiger partial charge is 0.0251 e. The van der Waals surface area contributed by atoms with Gasteiger partial charge in [-0.15, -0.1) is 0 Å². The predicted molar refractivity (Wildman–Crippen MR) is 52.3 cm³/mol. The van der Waals surface area contributed by atoms with Crippen molar-refractivity contribution in [2.24, 2.45) is 0 Å². The summed E-state index contributed by atoms with van der Waals surface area (Å²) < 4.78 is 0. The van der Waals surface area contributed by atoms with Crippen LogP contribution in [0.15, 0.2) is 35.9 Å². The van der Waals surface area contributed by atoms with Crippen molar-refractivity contribution in [1.29, 1.82) is 0 Å². The first kappa shape index (κ1) is 7.35. The van der Waals surface area contributed by atoms with Crippen molar-refractivity contribution in [2.75, 3.05) is 0 Å². The van der Waals surface area contributed by atoms with Crippen LogP contribution in [0.2, 0.25) is 0 Å². The fraction of sp³-hybridized carbons (Fsp3) is 0.167. The molecule has 0 saturated heterocycles. The van der Waals surface area contributed by atoms with Gasteiger partial charge in [0.2, 0.25) is 0 Å². The molecule has 2 rings (SSSR count). The zero-order valence-electron chi connectivity index (χ0n) is 7.03. The van der Waals surface area contributed by atoms with Crippen LogP contribution in [0, 0.1) is 12.8 Å². The normalized spacial score (nSPS) is 15.2. The molecule has 0 heteroatoms. The van der Waals surface area contributed by atoms with E-state index >= 15 is 0 Å². The van der Waals surface area contributed by atoms with Crippen LogP contribution in [0.5, 0.6) is 0 Å². The molecule has 1 saturated carbocycles. The van der Waals surface area contributed by atoms with Gasteiger partial charge in [0.1, 0.15) is 0 Å². The fourth-order valence-corrected chi connectivity index (χ4v) is 1.44. The van der Waals surface area contributed by atoms with Gasteiger partial charge in [0.25, 0.3) is 0 Å². The molecule has 0 radical (unpaired) electrons. The van der Waals surface area contributed by atoms with Crippen LogP contribution in [0.3, 0.4) is 0 Å². The summed E-state index contributed by atoms with van der Waals surface area (Å²) in [5, 5.41) is 0. The summed E-state index contributed by atoms with van der Waals surface area (Å²) in [6.45, 7) is 0. The van der Waals surface area contributed by atoms with Crippen LogP contribution in [0.4, 0.5) is 0 Å². The summed E-state index contributed by atoms with van der Waals surface area (Å²) >= 11 is 0. The molecule has 1 aromatic carbocycles. The van der Waals surface area contributed by atoms with Crippen LogP contribution < -0.4 is 0 Å². The maximum atomic E-state index is 2.28. The molecule has 0 nitrogen and oxygen atoms in total. The van der Waals surface area contributed by atoms with Gasteiger partial charge in [0.05, 0.1) is 0 Å². The minimum absolute atomic E-state index is 1.21. The summed E-state index contributed by atoms with van der Waals surface area (Å²) in [6.07, 6.45) is 9.21. The Hall–Kier alpha value is -1.30. The number of allylic oxidation sites excluding steroid dienone is 1. The quantitative estimate of drug-likeness (QED) is 0.547. The van der Waals surface area contributed by atoms with Crippen molar-refractivity contribution in [3.63, 3.8) is 0 Å². The molecule has 60 valence electrons. The largest absolute Gasteiger partial charge is 0.0773 e. The maximum Gasteiger partial charge on any atom is -0.0251 e. The third-order valence-corrected chi connectivity index (χ3v) is 2.06. The summed E-state index contributed by atoms with van der Waals surface area (Å²) in [5.74, 6) is 0. The molecule has 0 unspecified atom stereocenters. The van der Waals surface area contributed by atoms with E-state index in [4.69, 9.17) is 0 Å². The summed E-state index contributed by atoms with van der Waals surface area (Å²) in [5.41, 5.74) is 2.67. The van der Waals surface area contributed by atoms with Gasteiger partial charge in [-0.25, -0.2) is 0 Å². The third-order valence-electron chi connectivity index (χ3n) is 2.06. The number of hydrogen-bond donors (Lipinski definition) is 0. The molecule has 1 aromatic rings. The van der Waals surface area contributed by atoms with Gasteiger partial charge < -0.3 is 0 Å². The molecule has 1 fully saturated rings. The second kappa shape index (κ2) is 3.40. The summed E-state index contributed by atoms with van der Waals surface area (Å²) in [7, 11) is 0. The molecule has 0 amide bonds. The lowest BCUT2D eigenvalue weighted by molar-refractivity contribution is 1.05. The van der Waals surface area contributed by atoms with Gasteiger partial charge in [-0.05, 0) is 30.1 Å². The van der Waals surface area contributed by atoms with E-state index in [1.54, 1.807) is 0 Å². The Kier molecular flexibility index (Phi) is 2.08. The van der Waals surface area contributed by atoms with E-state index in [1.807, 2.05) is 6.07 Å². The van der Waals surface area contributed by atoms with Gasteiger partial charge in [-0.1, -0.05) is 43.2 Å². The molecule has 0 aliphatic heterocycles. The average molecular weight is 156 g/mol. The minimum atomic E-state index is 1.21. The highest BCUT2D eigenvalue weighted by Gasteiger charge is 2.05. The zero-order valence-corrected chi connectivity index (χ0v) is 7.03. The van der Waals surface area contributed by atoms with Crippen LogP contribution in [0.25, 0.3) is 6.08 Å². The van der Waals surface area contributed by atoms with Crippen LogP contribution >= 0.6 is 0 Å². The predicted octanol–water partition coefficient (Wildman–Crippen LogP) is 3.27. The van der Waals surface area contributed by atoms with Crippen LogP contribution in [-0.2, 0) is 0 Å². The standard InChI is InChI=1S/C12H12/c1-2-6-11(7-3-1)10-12-8-4-5-9-12/h1-3,6-10H,4-5H2. The first-order valence-electron chi connectivity index (χ1n) is 4.38. The molecule has 0 N–H and O–H groups in total. The van der Waals surface area contributed by atoms with Crippen molar-refractivity contribution in [1.82, 2.24) is 0 Å².